The molecular weight excluding hydrogens is 224 g/mol. The Hall–Kier alpha value is -2.50. The fourth-order valence-corrected chi connectivity index (χ4v) is 1.56. The molecule has 1 aromatic heterocycles. The number of ether oxygens (including phenoxy) is 1. The van der Waals surface area contributed by atoms with Gasteiger partial charge in [-0.05, 0) is 12.1 Å². The van der Waals surface area contributed by atoms with Gasteiger partial charge in [0.15, 0.2) is 5.56 Å². The maximum Gasteiger partial charge on any atom is 0.343 e. The van der Waals surface area contributed by atoms with Gasteiger partial charge >= 0.3 is 5.97 Å². The van der Waals surface area contributed by atoms with E-state index in [1.54, 1.807) is 24.3 Å². The third-order valence-corrected chi connectivity index (χ3v) is 2.35. The topological polar surface area (TPSA) is 95.2 Å². The highest BCUT2D eigenvalue weighted by molar-refractivity contribution is 5.94. The Labute approximate surface area is 95.8 Å². The second-order valence-electron chi connectivity index (χ2n) is 3.37. The average molecular weight is 234 g/mol. The molecule has 0 aliphatic heterocycles. The second-order valence-corrected chi connectivity index (χ2v) is 3.37. The molecule has 0 bridgehead atoms. The van der Waals surface area contributed by atoms with Crippen molar-refractivity contribution in [1.82, 2.24) is 10.2 Å². The van der Waals surface area contributed by atoms with Crippen LogP contribution in [0.15, 0.2) is 29.1 Å². The van der Waals surface area contributed by atoms with Crippen LogP contribution in [0.5, 0.6) is 5.75 Å². The number of nitrogens with one attached hydrogen (secondary N) is 2. The molecule has 0 aliphatic rings. The van der Waals surface area contributed by atoms with Crippen molar-refractivity contribution < 1.29 is 14.6 Å². The van der Waals surface area contributed by atoms with E-state index in [0.29, 0.717) is 11.3 Å². The van der Waals surface area contributed by atoms with Crippen LogP contribution in [0.1, 0.15) is 10.4 Å². The summed E-state index contributed by atoms with van der Waals surface area (Å²) in [4.78, 5) is 22.3. The van der Waals surface area contributed by atoms with Crippen molar-refractivity contribution >= 4 is 5.97 Å². The van der Waals surface area contributed by atoms with E-state index in [9.17, 15) is 9.59 Å². The van der Waals surface area contributed by atoms with Crippen molar-refractivity contribution in [1.29, 1.82) is 0 Å². The lowest BCUT2D eigenvalue weighted by atomic mass is 10.1. The molecule has 6 nitrogen and oxygen atoms in total. The van der Waals surface area contributed by atoms with Gasteiger partial charge in [0, 0.05) is 5.56 Å². The number of rotatable bonds is 3. The minimum Gasteiger partial charge on any atom is -0.497 e. The van der Waals surface area contributed by atoms with Crippen molar-refractivity contribution in [3.63, 3.8) is 0 Å². The van der Waals surface area contributed by atoms with E-state index < -0.39 is 11.5 Å². The maximum absolute atomic E-state index is 11.3. The molecule has 17 heavy (non-hydrogen) atoms. The van der Waals surface area contributed by atoms with Crippen LogP contribution in [-0.2, 0) is 0 Å². The second kappa shape index (κ2) is 4.17. The predicted molar refractivity (Wildman–Crippen MR) is 60.4 cm³/mol. The Morgan fingerprint density at radius 1 is 1.35 bits per heavy atom. The van der Waals surface area contributed by atoms with Gasteiger partial charge in [0.1, 0.15) is 5.75 Å². The molecule has 88 valence electrons. The van der Waals surface area contributed by atoms with Gasteiger partial charge in [-0.15, -0.1) is 0 Å². The van der Waals surface area contributed by atoms with E-state index in [-0.39, 0.29) is 11.3 Å². The van der Waals surface area contributed by atoms with Gasteiger partial charge in [0.25, 0.3) is 5.56 Å². The number of H-pyrrole nitrogens is 2. The number of benzene rings is 1. The predicted octanol–water partition coefficient (Wildman–Crippen LogP) is 1.08. The van der Waals surface area contributed by atoms with Crippen LogP contribution < -0.4 is 10.3 Å². The maximum atomic E-state index is 11.3. The number of hydrogen-bond donors (Lipinski definition) is 3. The van der Waals surface area contributed by atoms with Crippen LogP contribution in [-0.4, -0.2) is 28.4 Å². The SMILES string of the molecule is COc1cccc(-c2[nH][nH]c(=O)c2C(=O)O)c1. The normalized spacial score (nSPS) is 10.2. The van der Waals surface area contributed by atoms with E-state index in [4.69, 9.17) is 9.84 Å². The van der Waals surface area contributed by atoms with E-state index in [1.807, 2.05) is 0 Å². The molecular formula is C11H10N2O4. The first-order valence-electron chi connectivity index (χ1n) is 4.82. The highest BCUT2D eigenvalue weighted by atomic mass is 16.5. The Morgan fingerprint density at radius 3 is 2.76 bits per heavy atom. The molecule has 2 aromatic rings. The van der Waals surface area contributed by atoms with Gasteiger partial charge in [-0.25, -0.2) is 4.79 Å². The number of aromatic nitrogens is 2. The number of hydrogen-bond acceptors (Lipinski definition) is 3. The number of aromatic amines is 2. The molecule has 0 radical (unpaired) electrons. The van der Waals surface area contributed by atoms with Crippen LogP contribution in [0.4, 0.5) is 0 Å². The molecule has 1 heterocycles. The molecule has 0 saturated carbocycles. The minimum absolute atomic E-state index is 0.237. The summed E-state index contributed by atoms with van der Waals surface area (Å²) in [6.07, 6.45) is 0. The zero-order chi connectivity index (χ0) is 12.4. The fraction of sp³-hybridized carbons (Fsp3) is 0.0909. The average Bonchev–Trinajstić information content (AvgIpc) is 2.71. The molecule has 0 spiro atoms. The molecule has 0 amide bonds. The Kier molecular flexibility index (Phi) is 2.70. The van der Waals surface area contributed by atoms with Crippen molar-refractivity contribution in [2.75, 3.05) is 7.11 Å². The zero-order valence-electron chi connectivity index (χ0n) is 8.98. The summed E-state index contributed by atoms with van der Waals surface area (Å²) >= 11 is 0. The quantitative estimate of drug-likeness (QED) is 0.740. The molecule has 6 heteroatoms. The summed E-state index contributed by atoms with van der Waals surface area (Å²) in [7, 11) is 1.51. The number of carbonyl (C=O) groups is 1. The summed E-state index contributed by atoms with van der Waals surface area (Å²) in [6, 6.07) is 6.78. The lowest BCUT2D eigenvalue weighted by Crippen LogP contribution is -2.12. The molecule has 0 saturated heterocycles. The largest absolute Gasteiger partial charge is 0.497 e. The van der Waals surface area contributed by atoms with Gasteiger partial charge in [0.05, 0.1) is 12.8 Å². The molecule has 3 N–H and O–H groups in total. The van der Waals surface area contributed by atoms with E-state index in [2.05, 4.69) is 10.2 Å². The van der Waals surface area contributed by atoms with Crippen LogP contribution in [0.25, 0.3) is 11.3 Å². The summed E-state index contributed by atoms with van der Waals surface area (Å²) in [5, 5.41) is 13.8. The van der Waals surface area contributed by atoms with Gasteiger partial charge in [0.2, 0.25) is 0 Å². The summed E-state index contributed by atoms with van der Waals surface area (Å²) in [5.41, 5.74) is -0.157. The Morgan fingerprint density at radius 2 is 2.12 bits per heavy atom. The molecule has 0 unspecified atom stereocenters. The number of carboxylic acids is 1. The van der Waals surface area contributed by atoms with Crippen molar-refractivity contribution in [2.45, 2.75) is 0 Å². The Bertz CT molecular complexity index is 612. The zero-order valence-corrected chi connectivity index (χ0v) is 8.98. The highest BCUT2D eigenvalue weighted by Crippen LogP contribution is 2.23. The van der Waals surface area contributed by atoms with Crippen molar-refractivity contribution in [2.24, 2.45) is 0 Å². The van der Waals surface area contributed by atoms with Gasteiger partial charge in [-0.3, -0.25) is 15.0 Å². The van der Waals surface area contributed by atoms with Crippen LogP contribution >= 0.6 is 0 Å². The standard InChI is InChI=1S/C11H10N2O4/c1-17-7-4-2-3-6(5-7)9-8(11(15)16)10(14)13-12-9/h2-5H,1H3,(H,15,16)(H2,12,13,14). The van der Waals surface area contributed by atoms with E-state index in [0.717, 1.165) is 0 Å². The first-order chi connectivity index (χ1) is 8.13. The molecule has 2 rings (SSSR count). The highest BCUT2D eigenvalue weighted by Gasteiger charge is 2.18. The lowest BCUT2D eigenvalue weighted by molar-refractivity contribution is 0.0696. The first-order valence-corrected chi connectivity index (χ1v) is 4.82. The number of methoxy groups -OCH3 is 1. The monoisotopic (exact) mass is 234 g/mol. The van der Waals surface area contributed by atoms with Gasteiger partial charge in [-0.2, -0.15) is 0 Å². The molecule has 0 fully saturated rings. The third-order valence-electron chi connectivity index (χ3n) is 2.35. The van der Waals surface area contributed by atoms with Crippen molar-refractivity contribution in [3.05, 3.63) is 40.2 Å². The summed E-state index contributed by atoms with van der Waals surface area (Å²) < 4.78 is 5.03. The minimum atomic E-state index is -1.27. The fourth-order valence-electron chi connectivity index (χ4n) is 1.56. The molecule has 0 aliphatic carbocycles. The van der Waals surface area contributed by atoms with Crippen molar-refractivity contribution in [3.8, 4) is 17.0 Å². The smallest absolute Gasteiger partial charge is 0.343 e. The number of aromatic carboxylic acids is 1. The lowest BCUT2D eigenvalue weighted by Gasteiger charge is -2.03. The Balaban J connectivity index is 2.60. The summed E-state index contributed by atoms with van der Waals surface area (Å²) in [5.74, 6) is -0.689. The van der Waals surface area contributed by atoms with E-state index >= 15 is 0 Å². The summed E-state index contributed by atoms with van der Waals surface area (Å²) in [6.45, 7) is 0. The first kappa shape index (κ1) is 11.0. The van der Waals surface area contributed by atoms with Gasteiger partial charge in [-0.1, -0.05) is 12.1 Å². The number of carboxylic acid groups (broad SMARTS) is 1. The third kappa shape index (κ3) is 1.92. The molecule has 0 atom stereocenters. The van der Waals surface area contributed by atoms with Crippen LogP contribution in [0, 0.1) is 0 Å². The van der Waals surface area contributed by atoms with Gasteiger partial charge < -0.3 is 9.84 Å². The van der Waals surface area contributed by atoms with Crippen LogP contribution in [0.2, 0.25) is 0 Å². The van der Waals surface area contributed by atoms with Crippen LogP contribution in [0.3, 0.4) is 0 Å². The van der Waals surface area contributed by atoms with E-state index in [1.165, 1.54) is 7.11 Å². The molecule has 1 aromatic carbocycles.